The first-order chi connectivity index (χ1) is 14.9. The van der Waals surface area contributed by atoms with Crippen molar-refractivity contribution in [2.24, 2.45) is 0 Å². The summed E-state index contributed by atoms with van der Waals surface area (Å²) in [5, 5.41) is 11.8. The molecule has 2 aromatic carbocycles. The largest absolute Gasteiger partial charge is 0.493 e. The van der Waals surface area contributed by atoms with Crippen molar-refractivity contribution < 1.29 is 28.7 Å². The SMILES string of the molecule is COc1cc(CC=CCCc2ccccc2)c(C(=O)OCC(C)=O)c([N+](=O)[O-])c1OC. The van der Waals surface area contributed by atoms with Gasteiger partial charge in [-0.3, -0.25) is 14.9 Å². The van der Waals surface area contributed by atoms with Crippen LogP contribution in [0.1, 0.15) is 34.8 Å². The molecular formula is C23H25NO7. The maximum absolute atomic E-state index is 12.6. The van der Waals surface area contributed by atoms with Crippen molar-refractivity contribution in [3.05, 3.63) is 75.4 Å². The minimum absolute atomic E-state index is 0.130. The highest BCUT2D eigenvalue weighted by Crippen LogP contribution is 2.42. The van der Waals surface area contributed by atoms with Gasteiger partial charge in [-0.25, -0.2) is 4.79 Å². The molecule has 31 heavy (non-hydrogen) atoms. The molecule has 8 heteroatoms. The Balaban J connectivity index is 2.35. The molecule has 8 nitrogen and oxygen atoms in total. The number of benzene rings is 2. The standard InChI is InChI=1S/C23H25NO7/c1-16(25)15-31-23(26)20-18(13-9-5-8-12-17-10-6-4-7-11-17)14-19(29-2)22(30-3)21(20)24(27)28/h4-7,9-11,14H,8,12-13,15H2,1-3H3. The number of methoxy groups -OCH3 is 2. The molecule has 0 unspecified atom stereocenters. The van der Waals surface area contributed by atoms with E-state index < -0.39 is 23.2 Å². The Labute approximate surface area is 180 Å². The zero-order valence-electron chi connectivity index (χ0n) is 17.8. The lowest BCUT2D eigenvalue weighted by molar-refractivity contribution is -0.386. The van der Waals surface area contributed by atoms with Gasteiger partial charge in [0.05, 0.1) is 19.1 Å². The van der Waals surface area contributed by atoms with E-state index in [1.54, 1.807) is 0 Å². The Bertz CT molecular complexity index is 968. The van der Waals surface area contributed by atoms with Gasteiger partial charge < -0.3 is 14.2 Å². The summed E-state index contributed by atoms with van der Waals surface area (Å²) in [6.07, 6.45) is 5.62. The molecular weight excluding hydrogens is 402 g/mol. The molecule has 0 aromatic heterocycles. The highest BCUT2D eigenvalue weighted by molar-refractivity contribution is 5.98. The third-order valence-corrected chi connectivity index (χ3v) is 4.47. The predicted octanol–water partition coefficient (Wildman–Crippen LogP) is 4.09. The predicted molar refractivity (Wildman–Crippen MR) is 115 cm³/mol. The van der Waals surface area contributed by atoms with Crippen molar-refractivity contribution >= 4 is 17.4 Å². The van der Waals surface area contributed by atoms with Gasteiger partial charge in [-0.15, -0.1) is 0 Å². The van der Waals surface area contributed by atoms with Crippen LogP contribution in [-0.2, 0) is 22.4 Å². The Morgan fingerprint density at radius 1 is 1.10 bits per heavy atom. The smallest absolute Gasteiger partial charge is 0.346 e. The second kappa shape index (κ2) is 11.5. The topological polar surface area (TPSA) is 105 Å². The molecule has 0 N–H and O–H groups in total. The van der Waals surface area contributed by atoms with Crippen molar-refractivity contribution in [2.45, 2.75) is 26.2 Å². The van der Waals surface area contributed by atoms with Crippen LogP contribution >= 0.6 is 0 Å². The van der Waals surface area contributed by atoms with Crippen molar-refractivity contribution in [3.8, 4) is 11.5 Å². The van der Waals surface area contributed by atoms with Crippen LogP contribution in [0, 0.1) is 10.1 Å². The number of nitrogens with zero attached hydrogens (tertiary/aromatic N) is 1. The number of carbonyl (C=O) groups is 2. The zero-order chi connectivity index (χ0) is 22.8. The van der Waals surface area contributed by atoms with Crippen molar-refractivity contribution in [2.75, 3.05) is 20.8 Å². The van der Waals surface area contributed by atoms with Crippen molar-refractivity contribution in [3.63, 3.8) is 0 Å². The molecule has 0 bridgehead atoms. The van der Waals surface area contributed by atoms with E-state index in [4.69, 9.17) is 14.2 Å². The van der Waals surface area contributed by atoms with E-state index in [1.807, 2.05) is 42.5 Å². The maximum atomic E-state index is 12.6. The van der Waals surface area contributed by atoms with Crippen LogP contribution in [0.15, 0.2) is 48.6 Å². The number of hydrogen-bond acceptors (Lipinski definition) is 7. The molecule has 0 heterocycles. The molecule has 164 valence electrons. The number of rotatable bonds is 11. The Morgan fingerprint density at radius 3 is 2.39 bits per heavy atom. The summed E-state index contributed by atoms with van der Waals surface area (Å²) in [6.45, 7) is 0.781. The van der Waals surface area contributed by atoms with Crippen LogP contribution in [0.25, 0.3) is 0 Å². The van der Waals surface area contributed by atoms with Gasteiger partial charge in [-0.1, -0.05) is 42.5 Å². The van der Waals surface area contributed by atoms with Gasteiger partial charge in [0.2, 0.25) is 5.75 Å². The molecule has 0 aliphatic heterocycles. The number of Topliss-reactive ketones (excluding diaryl/α,β-unsaturated/α-hetero) is 1. The Morgan fingerprint density at radius 2 is 1.81 bits per heavy atom. The normalized spacial score (nSPS) is 10.7. The van der Waals surface area contributed by atoms with Crippen LogP contribution in [0.5, 0.6) is 11.5 Å². The molecule has 0 saturated heterocycles. The van der Waals surface area contributed by atoms with E-state index >= 15 is 0 Å². The number of nitro groups is 1. The lowest BCUT2D eigenvalue weighted by Crippen LogP contribution is -2.16. The van der Waals surface area contributed by atoms with Crippen LogP contribution < -0.4 is 9.47 Å². The second-order valence-corrected chi connectivity index (χ2v) is 6.73. The molecule has 0 atom stereocenters. The van der Waals surface area contributed by atoms with E-state index in [-0.39, 0.29) is 29.3 Å². The molecule has 0 saturated carbocycles. The van der Waals surface area contributed by atoms with Gasteiger partial charge in [0.15, 0.2) is 11.5 Å². The van der Waals surface area contributed by atoms with Gasteiger partial charge in [0, 0.05) is 0 Å². The fraction of sp³-hybridized carbons (Fsp3) is 0.304. The highest BCUT2D eigenvalue weighted by atomic mass is 16.6. The minimum Gasteiger partial charge on any atom is -0.493 e. The van der Waals surface area contributed by atoms with E-state index in [9.17, 15) is 19.7 Å². The summed E-state index contributed by atoms with van der Waals surface area (Å²) in [5.74, 6) is -1.39. The molecule has 0 spiro atoms. The van der Waals surface area contributed by atoms with E-state index in [0.29, 0.717) is 5.56 Å². The van der Waals surface area contributed by atoms with E-state index in [2.05, 4.69) is 0 Å². The number of hydrogen-bond donors (Lipinski definition) is 0. The first-order valence-electron chi connectivity index (χ1n) is 9.66. The molecule has 0 aliphatic rings. The summed E-state index contributed by atoms with van der Waals surface area (Å²) in [7, 11) is 2.60. The summed E-state index contributed by atoms with van der Waals surface area (Å²) in [5.41, 5.74) is 0.732. The second-order valence-electron chi connectivity index (χ2n) is 6.73. The van der Waals surface area contributed by atoms with Gasteiger partial charge in [-0.05, 0) is 43.4 Å². The first kappa shape index (κ1) is 23.6. The van der Waals surface area contributed by atoms with Crippen LogP contribution in [0.4, 0.5) is 5.69 Å². The molecule has 0 radical (unpaired) electrons. The molecule has 0 fully saturated rings. The quantitative estimate of drug-likeness (QED) is 0.230. The number of allylic oxidation sites excluding steroid dienone is 2. The van der Waals surface area contributed by atoms with Gasteiger partial charge in [0.1, 0.15) is 12.2 Å². The Kier molecular flexibility index (Phi) is 8.75. The molecule has 0 amide bonds. The zero-order valence-corrected chi connectivity index (χ0v) is 17.8. The average Bonchev–Trinajstić information content (AvgIpc) is 2.76. The third-order valence-electron chi connectivity index (χ3n) is 4.47. The number of ketones is 1. The first-order valence-corrected chi connectivity index (χ1v) is 9.66. The summed E-state index contributed by atoms with van der Waals surface area (Å²) < 4.78 is 15.3. The minimum atomic E-state index is -0.962. The van der Waals surface area contributed by atoms with Gasteiger partial charge in [0.25, 0.3) is 0 Å². The molecule has 2 aromatic rings. The van der Waals surface area contributed by atoms with Crippen molar-refractivity contribution in [1.82, 2.24) is 0 Å². The fourth-order valence-corrected chi connectivity index (χ4v) is 3.05. The molecule has 2 rings (SSSR count). The van der Waals surface area contributed by atoms with Gasteiger partial charge >= 0.3 is 11.7 Å². The lowest BCUT2D eigenvalue weighted by atomic mass is 10.00. The van der Waals surface area contributed by atoms with Crippen LogP contribution in [0.3, 0.4) is 0 Å². The van der Waals surface area contributed by atoms with Crippen LogP contribution in [-0.4, -0.2) is 37.5 Å². The number of aryl methyl sites for hydroxylation is 1. The van der Waals surface area contributed by atoms with E-state index in [0.717, 1.165) is 12.8 Å². The summed E-state index contributed by atoms with van der Waals surface area (Å²) >= 11 is 0. The average molecular weight is 427 g/mol. The fourth-order valence-electron chi connectivity index (χ4n) is 3.05. The maximum Gasteiger partial charge on any atom is 0.346 e. The summed E-state index contributed by atoms with van der Waals surface area (Å²) in [4.78, 5) is 34.9. The third kappa shape index (κ3) is 6.40. The monoisotopic (exact) mass is 427 g/mol. The van der Waals surface area contributed by atoms with E-state index in [1.165, 1.54) is 32.8 Å². The van der Waals surface area contributed by atoms with Crippen molar-refractivity contribution in [1.29, 1.82) is 0 Å². The van der Waals surface area contributed by atoms with Crippen LogP contribution in [0.2, 0.25) is 0 Å². The van der Waals surface area contributed by atoms with Gasteiger partial charge in [-0.2, -0.15) is 0 Å². The lowest BCUT2D eigenvalue weighted by Gasteiger charge is -2.14. The number of carbonyl (C=O) groups excluding carboxylic acids is 2. The highest BCUT2D eigenvalue weighted by Gasteiger charge is 2.33. The molecule has 0 aliphatic carbocycles. The number of esters is 1. The Hall–Kier alpha value is -3.68. The summed E-state index contributed by atoms with van der Waals surface area (Å²) in [6, 6.07) is 11.5. The number of ether oxygens (including phenoxy) is 3. The number of nitro benzene ring substituents is 1.